The minimum absolute atomic E-state index is 0.0166. The lowest BCUT2D eigenvalue weighted by molar-refractivity contribution is 0.101. The number of Topliss-reactive ketones (excluding diaryl/α,β-unsaturated/α-hetero) is 1. The number of nitrogens with one attached hydrogen (secondary N) is 1. The van der Waals surface area contributed by atoms with Gasteiger partial charge in [0.15, 0.2) is 5.78 Å². The highest BCUT2D eigenvalue weighted by molar-refractivity contribution is 7.13. The smallest absolute Gasteiger partial charge is 0.246 e. The van der Waals surface area contributed by atoms with Crippen LogP contribution in [0.15, 0.2) is 46.3 Å². The summed E-state index contributed by atoms with van der Waals surface area (Å²) in [4.78, 5) is 16.8. The molecule has 0 aliphatic rings. The van der Waals surface area contributed by atoms with E-state index < -0.39 is 0 Å². The molecule has 0 saturated heterocycles. The number of carbonyl (C=O) groups is 1. The Balaban J connectivity index is 1.73. The second-order valence-electron chi connectivity index (χ2n) is 4.44. The summed E-state index contributed by atoms with van der Waals surface area (Å²) in [5.41, 5.74) is 1.41. The van der Waals surface area contributed by atoms with Crippen molar-refractivity contribution in [2.75, 3.05) is 5.32 Å². The Morgan fingerprint density at radius 1 is 1.29 bits per heavy atom. The lowest BCUT2D eigenvalue weighted by Gasteiger charge is -2.07. The van der Waals surface area contributed by atoms with Crippen molar-refractivity contribution < 1.29 is 9.32 Å². The van der Waals surface area contributed by atoms with Gasteiger partial charge in [0.2, 0.25) is 11.7 Å². The van der Waals surface area contributed by atoms with Gasteiger partial charge >= 0.3 is 0 Å². The molecule has 0 radical (unpaired) electrons. The molecular formula is C15H13N3O2S. The van der Waals surface area contributed by atoms with Crippen LogP contribution in [0.5, 0.6) is 0 Å². The van der Waals surface area contributed by atoms with E-state index in [0.717, 1.165) is 10.6 Å². The molecule has 0 spiro atoms. The Morgan fingerprint density at radius 3 is 2.90 bits per heavy atom. The van der Waals surface area contributed by atoms with Crippen molar-refractivity contribution in [1.29, 1.82) is 0 Å². The lowest BCUT2D eigenvalue weighted by atomic mass is 10.1. The van der Waals surface area contributed by atoms with Gasteiger partial charge in [0.25, 0.3) is 0 Å². The second-order valence-corrected chi connectivity index (χ2v) is 5.39. The van der Waals surface area contributed by atoms with E-state index in [1.807, 2.05) is 35.7 Å². The molecule has 0 unspecified atom stereocenters. The standard InChI is InChI=1S/C15H13N3O2S/c1-10(19)11-5-2-3-6-12(11)16-9-14-17-15(18-20-14)13-7-4-8-21-13/h2-8,16H,9H2,1H3. The topological polar surface area (TPSA) is 68.0 Å². The van der Waals surface area contributed by atoms with Crippen molar-refractivity contribution in [3.8, 4) is 10.7 Å². The Labute approximate surface area is 125 Å². The normalized spacial score (nSPS) is 10.5. The third-order valence-electron chi connectivity index (χ3n) is 2.95. The molecule has 3 aromatic rings. The molecule has 0 saturated carbocycles. The third-order valence-corrected chi connectivity index (χ3v) is 3.81. The van der Waals surface area contributed by atoms with Gasteiger partial charge in [-0.25, -0.2) is 0 Å². The van der Waals surface area contributed by atoms with Gasteiger partial charge in [0, 0.05) is 11.3 Å². The SMILES string of the molecule is CC(=O)c1ccccc1NCc1nc(-c2cccs2)no1. The molecule has 0 amide bonds. The summed E-state index contributed by atoms with van der Waals surface area (Å²) >= 11 is 1.56. The number of hydrogen-bond donors (Lipinski definition) is 1. The molecule has 1 aromatic carbocycles. The summed E-state index contributed by atoms with van der Waals surface area (Å²) in [5.74, 6) is 1.08. The van der Waals surface area contributed by atoms with Crippen molar-refractivity contribution >= 4 is 22.8 Å². The van der Waals surface area contributed by atoms with Crippen LogP contribution in [0.3, 0.4) is 0 Å². The van der Waals surface area contributed by atoms with Crippen LogP contribution in [0.2, 0.25) is 0 Å². The molecule has 5 nitrogen and oxygen atoms in total. The van der Waals surface area contributed by atoms with Crippen molar-refractivity contribution in [3.05, 3.63) is 53.2 Å². The molecule has 1 N–H and O–H groups in total. The molecule has 2 heterocycles. The van der Waals surface area contributed by atoms with Gasteiger partial charge in [-0.2, -0.15) is 4.98 Å². The van der Waals surface area contributed by atoms with E-state index in [0.29, 0.717) is 23.8 Å². The minimum Gasteiger partial charge on any atom is -0.376 e. The average Bonchev–Trinajstić information content (AvgIpc) is 3.16. The summed E-state index contributed by atoms with van der Waals surface area (Å²) in [6.45, 7) is 1.92. The number of anilines is 1. The van der Waals surface area contributed by atoms with Crippen LogP contribution in [0.1, 0.15) is 23.2 Å². The van der Waals surface area contributed by atoms with Crippen LogP contribution in [0, 0.1) is 0 Å². The molecule has 0 bridgehead atoms. The highest BCUT2D eigenvalue weighted by atomic mass is 32.1. The fourth-order valence-corrected chi connectivity index (χ4v) is 2.60. The van der Waals surface area contributed by atoms with Gasteiger partial charge in [0.05, 0.1) is 11.4 Å². The van der Waals surface area contributed by atoms with Gasteiger partial charge in [-0.1, -0.05) is 23.4 Å². The largest absolute Gasteiger partial charge is 0.376 e. The number of nitrogens with zero attached hydrogens (tertiary/aromatic N) is 2. The zero-order chi connectivity index (χ0) is 14.7. The molecule has 3 rings (SSSR count). The molecular weight excluding hydrogens is 286 g/mol. The van der Waals surface area contributed by atoms with E-state index in [9.17, 15) is 4.79 Å². The summed E-state index contributed by atoms with van der Waals surface area (Å²) in [7, 11) is 0. The monoisotopic (exact) mass is 299 g/mol. The quantitative estimate of drug-likeness (QED) is 0.729. The first-order valence-corrected chi connectivity index (χ1v) is 7.32. The number of ketones is 1. The number of aromatic nitrogens is 2. The summed E-state index contributed by atoms with van der Waals surface area (Å²) < 4.78 is 5.21. The van der Waals surface area contributed by atoms with Gasteiger partial charge < -0.3 is 9.84 Å². The first-order valence-electron chi connectivity index (χ1n) is 6.44. The summed E-state index contributed by atoms with van der Waals surface area (Å²) in [6, 6.07) is 11.2. The molecule has 2 aromatic heterocycles. The van der Waals surface area contributed by atoms with Gasteiger partial charge in [-0.15, -0.1) is 11.3 Å². The van der Waals surface area contributed by atoms with Crippen molar-refractivity contribution in [2.24, 2.45) is 0 Å². The number of para-hydroxylation sites is 1. The zero-order valence-electron chi connectivity index (χ0n) is 11.4. The molecule has 0 fully saturated rings. The number of hydrogen-bond acceptors (Lipinski definition) is 6. The van der Waals surface area contributed by atoms with E-state index in [4.69, 9.17) is 4.52 Å². The predicted octanol–water partition coefficient (Wildman–Crippen LogP) is 3.61. The number of carbonyl (C=O) groups excluding carboxylic acids is 1. The lowest BCUT2D eigenvalue weighted by Crippen LogP contribution is -2.04. The average molecular weight is 299 g/mol. The van der Waals surface area contributed by atoms with E-state index in [2.05, 4.69) is 15.5 Å². The fraction of sp³-hybridized carbons (Fsp3) is 0.133. The molecule has 21 heavy (non-hydrogen) atoms. The van der Waals surface area contributed by atoms with Crippen LogP contribution in [-0.2, 0) is 6.54 Å². The molecule has 0 atom stereocenters. The van der Waals surface area contributed by atoms with Gasteiger partial charge in [-0.05, 0) is 30.5 Å². The molecule has 0 aliphatic carbocycles. The van der Waals surface area contributed by atoms with Gasteiger partial charge in [-0.3, -0.25) is 4.79 Å². The molecule has 6 heteroatoms. The molecule has 0 aliphatic heterocycles. The van der Waals surface area contributed by atoms with Crippen LogP contribution in [-0.4, -0.2) is 15.9 Å². The minimum atomic E-state index is 0.0166. The maximum atomic E-state index is 11.5. The third kappa shape index (κ3) is 3.00. The van der Waals surface area contributed by atoms with Crippen molar-refractivity contribution in [2.45, 2.75) is 13.5 Å². The first-order chi connectivity index (χ1) is 10.2. The second kappa shape index (κ2) is 5.88. The first kappa shape index (κ1) is 13.5. The van der Waals surface area contributed by atoms with E-state index in [1.165, 1.54) is 0 Å². The van der Waals surface area contributed by atoms with E-state index >= 15 is 0 Å². The van der Waals surface area contributed by atoms with Gasteiger partial charge in [0.1, 0.15) is 0 Å². The Hall–Kier alpha value is -2.47. The van der Waals surface area contributed by atoms with Crippen molar-refractivity contribution in [1.82, 2.24) is 10.1 Å². The Bertz CT molecular complexity index is 750. The number of benzene rings is 1. The van der Waals surface area contributed by atoms with E-state index in [-0.39, 0.29) is 5.78 Å². The predicted molar refractivity (Wildman–Crippen MR) is 81.4 cm³/mol. The van der Waals surface area contributed by atoms with Crippen LogP contribution in [0.4, 0.5) is 5.69 Å². The summed E-state index contributed by atoms with van der Waals surface area (Å²) in [6.07, 6.45) is 0. The van der Waals surface area contributed by atoms with E-state index in [1.54, 1.807) is 24.3 Å². The Morgan fingerprint density at radius 2 is 2.14 bits per heavy atom. The molecule has 106 valence electrons. The number of thiophene rings is 1. The maximum Gasteiger partial charge on any atom is 0.246 e. The Kier molecular flexibility index (Phi) is 3.79. The summed E-state index contributed by atoms with van der Waals surface area (Å²) in [5, 5.41) is 9.07. The highest BCUT2D eigenvalue weighted by Gasteiger charge is 2.10. The highest BCUT2D eigenvalue weighted by Crippen LogP contribution is 2.22. The van der Waals surface area contributed by atoms with Crippen LogP contribution in [0.25, 0.3) is 10.7 Å². The van der Waals surface area contributed by atoms with Crippen molar-refractivity contribution in [3.63, 3.8) is 0 Å². The fourth-order valence-electron chi connectivity index (χ4n) is 1.95. The van der Waals surface area contributed by atoms with Crippen LogP contribution >= 0.6 is 11.3 Å². The maximum absolute atomic E-state index is 11.5. The van der Waals surface area contributed by atoms with Crippen LogP contribution < -0.4 is 5.32 Å². The number of rotatable bonds is 5. The zero-order valence-corrected chi connectivity index (χ0v) is 12.2.